The van der Waals surface area contributed by atoms with Gasteiger partial charge in [-0.2, -0.15) is 0 Å². The molecule has 2 heteroatoms. The van der Waals surface area contributed by atoms with Crippen LogP contribution in [0.3, 0.4) is 0 Å². The first-order chi connectivity index (χ1) is 5.13. The predicted octanol–water partition coefficient (Wildman–Crippen LogP) is 1.67. The van der Waals surface area contributed by atoms with Gasteiger partial charge in [-0.1, -0.05) is 12.2 Å². The molecule has 0 aromatic rings. The lowest BCUT2D eigenvalue weighted by Gasteiger charge is -2.25. The number of carboxylic acids is 1. The highest BCUT2D eigenvalue weighted by atomic mass is 16.4. The SMILES string of the molecule is CC1(C(=O)O)C[C@H]2C=C[C@@H]1C2. The molecule has 2 aliphatic rings. The molecule has 0 amide bonds. The quantitative estimate of drug-likeness (QED) is 0.580. The number of fused-ring (bicyclic) bond motifs is 2. The van der Waals surface area contributed by atoms with Gasteiger partial charge in [-0.25, -0.2) is 0 Å². The van der Waals surface area contributed by atoms with E-state index in [4.69, 9.17) is 5.11 Å². The molecule has 2 aliphatic carbocycles. The lowest BCUT2D eigenvalue weighted by molar-refractivity contribution is -0.149. The van der Waals surface area contributed by atoms with Gasteiger partial charge in [0.25, 0.3) is 0 Å². The highest BCUT2D eigenvalue weighted by Crippen LogP contribution is 2.51. The van der Waals surface area contributed by atoms with Gasteiger partial charge in [0.2, 0.25) is 0 Å². The monoisotopic (exact) mass is 152 g/mol. The van der Waals surface area contributed by atoms with Crippen LogP contribution in [-0.4, -0.2) is 11.1 Å². The van der Waals surface area contributed by atoms with Crippen molar-refractivity contribution >= 4 is 5.97 Å². The summed E-state index contributed by atoms with van der Waals surface area (Å²) in [6.45, 7) is 1.86. The lowest BCUT2D eigenvalue weighted by Crippen LogP contribution is -2.31. The first kappa shape index (κ1) is 6.89. The maximum Gasteiger partial charge on any atom is 0.309 e. The minimum Gasteiger partial charge on any atom is -0.481 e. The summed E-state index contributed by atoms with van der Waals surface area (Å²) in [6.07, 6.45) is 6.13. The van der Waals surface area contributed by atoms with Crippen LogP contribution < -0.4 is 0 Å². The fraction of sp³-hybridized carbons (Fsp3) is 0.667. The van der Waals surface area contributed by atoms with E-state index < -0.39 is 11.4 Å². The maximum absolute atomic E-state index is 10.9. The minimum absolute atomic E-state index is 0.296. The Morgan fingerprint density at radius 3 is 2.64 bits per heavy atom. The summed E-state index contributed by atoms with van der Waals surface area (Å²) < 4.78 is 0. The molecule has 2 nitrogen and oxygen atoms in total. The van der Waals surface area contributed by atoms with E-state index in [1.165, 1.54) is 0 Å². The molecule has 2 bridgehead atoms. The number of carbonyl (C=O) groups is 1. The highest BCUT2D eigenvalue weighted by Gasteiger charge is 2.50. The van der Waals surface area contributed by atoms with E-state index in [1.807, 2.05) is 6.92 Å². The largest absolute Gasteiger partial charge is 0.481 e. The first-order valence-electron chi connectivity index (χ1n) is 4.04. The lowest BCUT2D eigenvalue weighted by atomic mass is 9.78. The van der Waals surface area contributed by atoms with E-state index in [1.54, 1.807) is 0 Å². The number of hydrogen-bond acceptors (Lipinski definition) is 1. The van der Waals surface area contributed by atoms with Crippen molar-refractivity contribution in [1.82, 2.24) is 0 Å². The smallest absolute Gasteiger partial charge is 0.309 e. The normalized spacial score (nSPS) is 46.6. The average Bonchev–Trinajstić information content (AvgIpc) is 2.45. The Balaban J connectivity index is 2.30. The van der Waals surface area contributed by atoms with Crippen LogP contribution in [0.25, 0.3) is 0 Å². The Morgan fingerprint density at radius 2 is 2.36 bits per heavy atom. The zero-order valence-corrected chi connectivity index (χ0v) is 6.58. The van der Waals surface area contributed by atoms with Crippen LogP contribution in [0.5, 0.6) is 0 Å². The van der Waals surface area contributed by atoms with Crippen LogP contribution in [0.1, 0.15) is 19.8 Å². The molecule has 1 N–H and O–H groups in total. The Morgan fingerprint density at radius 1 is 1.64 bits per heavy atom. The molecule has 0 aromatic heterocycles. The standard InChI is InChI=1S/C9H12O2/c1-9(8(10)11)5-6-2-3-7(9)4-6/h2-3,6-7H,4-5H2,1H3,(H,10,11)/t6-,7+,9?/m0/s1. The third-order valence-corrected chi connectivity index (χ3v) is 3.17. The van der Waals surface area contributed by atoms with Gasteiger partial charge < -0.3 is 5.11 Å². The molecule has 0 radical (unpaired) electrons. The molecule has 0 aromatic carbocycles. The second-order valence-electron chi connectivity index (χ2n) is 3.91. The van der Waals surface area contributed by atoms with Gasteiger partial charge in [0.1, 0.15) is 0 Å². The number of aliphatic carboxylic acids is 1. The van der Waals surface area contributed by atoms with Gasteiger partial charge >= 0.3 is 5.97 Å². The van der Waals surface area contributed by atoms with E-state index in [-0.39, 0.29) is 0 Å². The van der Waals surface area contributed by atoms with Crippen LogP contribution >= 0.6 is 0 Å². The summed E-state index contributed by atoms with van der Waals surface area (Å²) in [7, 11) is 0. The minimum atomic E-state index is -0.630. The molecule has 3 atom stereocenters. The molecular formula is C9H12O2. The molecule has 1 saturated carbocycles. The van der Waals surface area contributed by atoms with Crippen molar-refractivity contribution in [2.45, 2.75) is 19.8 Å². The highest BCUT2D eigenvalue weighted by molar-refractivity contribution is 5.76. The van der Waals surface area contributed by atoms with Crippen molar-refractivity contribution in [1.29, 1.82) is 0 Å². The fourth-order valence-electron chi connectivity index (χ4n) is 2.34. The van der Waals surface area contributed by atoms with Crippen LogP contribution in [0.15, 0.2) is 12.2 Å². The Hall–Kier alpha value is -0.790. The van der Waals surface area contributed by atoms with E-state index in [0.717, 1.165) is 12.8 Å². The molecule has 0 spiro atoms. The third-order valence-electron chi connectivity index (χ3n) is 3.17. The second-order valence-corrected chi connectivity index (χ2v) is 3.91. The van der Waals surface area contributed by atoms with Gasteiger partial charge in [-0.15, -0.1) is 0 Å². The van der Waals surface area contributed by atoms with E-state index >= 15 is 0 Å². The van der Waals surface area contributed by atoms with E-state index in [2.05, 4.69) is 12.2 Å². The van der Waals surface area contributed by atoms with Crippen molar-refractivity contribution in [3.63, 3.8) is 0 Å². The molecule has 0 saturated heterocycles. The van der Waals surface area contributed by atoms with Crippen LogP contribution in [-0.2, 0) is 4.79 Å². The summed E-state index contributed by atoms with van der Waals surface area (Å²) in [5.74, 6) is 0.209. The van der Waals surface area contributed by atoms with Crippen LogP contribution in [0.2, 0.25) is 0 Å². The average molecular weight is 152 g/mol. The summed E-state index contributed by atoms with van der Waals surface area (Å²) >= 11 is 0. The summed E-state index contributed by atoms with van der Waals surface area (Å²) in [5.41, 5.74) is -0.459. The number of hydrogen-bond donors (Lipinski definition) is 1. The van der Waals surface area contributed by atoms with Crippen molar-refractivity contribution in [3.05, 3.63) is 12.2 Å². The molecular weight excluding hydrogens is 140 g/mol. The van der Waals surface area contributed by atoms with Gasteiger partial charge in [0.15, 0.2) is 0 Å². The van der Waals surface area contributed by atoms with Crippen molar-refractivity contribution in [3.8, 4) is 0 Å². The zero-order chi connectivity index (χ0) is 8.06. The summed E-state index contributed by atoms with van der Waals surface area (Å²) in [5, 5.41) is 8.96. The molecule has 2 rings (SSSR count). The Kier molecular flexibility index (Phi) is 1.17. The number of rotatable bonds is 1. The number of allylic oxidation sites excluding steroid dienone is 2. The van der Waals surface area contributed by atoms with Gasteiger partial charge in [-0.3, -0.25) is 4.79 Å². The van der Waals surface area contributed by atoms with Gasteiger partial charge in [0.05, 0.1) is 5.41 Å². The first-order valence-corrected chi connectivity index (χ1v) is 4.04. The molecule has 0 aliphatic heterocycles. The van der Waals surface area contributed by atoms with E-state index in [9.17, 15) is 4.79 Å². The van der Waals surface area contributed by atoms with E-state index in [0.29, 0.717) is 11.8 Å². The molecule has 1 unspecified atom stereocenters. The van der Waals surface area contributed by atoms with Gasteiger partial charge in [-0.05, 0) is 31.6 Å². The Bertz CT molecular complexity index is 232. The van der Waals surface area contributed by atoms with Crippen molar-refractivity contribution < 1.29 is 9.90 Å². The second kappa shape index (κ2) is 1.87. The molecule has 60 valence electrons. The molecule has 11 heavy (non-hydrogen) atoms. The topological polar surface area (TPSA) is 37.3 Å². The van der Waals surface area contributed by atoms with Crippen LogP contribution in [0.4, 0.5) is 0 Å². The van der Waals surface area contributed by atoms with Crippen molar-refractivity contribution in [2.75, 3.05) is 0 Å². The molecule has 0 heterocycles. The van der Waals surface area contributed by atoms with Crippen LogP contribution in [0, 0.1) is 17.3 Å². The Labute approximate surface area is 65.9 Å². The summed E-state index contributed by atoms with van der Waals surface area (Å²) in [6, 6.07) is 0. The number of carboxylic acid groups (broad SMARTS) is 1. The molecule has 1 fully saturated rings. The fourth-order valence-corrected chi connectivity index (χ4v) is 2.34. The van der Waals surface area contributed by atoms with Gasteiger partial charge in [0, 0.05) is 0 Å². The third kappa shape index (κ3) is 0.753. The zero-order valence-electron chi connectivity index (χ0n) is 6.58. The summed E-state index contributed by atoms with van der Waals surface area (Å²) in [4.78, 5) is 10.9. The predicted molar refractivity (Wildman–Crippen MR) is 41.1 cm³/mol. The maximum atomic E-state index is 10.9. The van der Waals surface area contributed by atoms with Crippen molar-refractivity contribution in [2.24, 2.45) is 17.3 Å².